The number of halogens is 2. The molecule has 0 amide bonds. The number of imidazole rings is 1. The van der Waals surface area contributed by atoms with Gasteiger partial charge < -0.3 is 4.74 Å². The highest BCUT2D eigenvalue weighted by molar-refractivity contribution is 7.98. The zero-order valence-electron chi connectivity index (χ0n) is 16.1. The summed E-state index contributed by atoms with van der Waals surface area (Å²) in [6, 6.07) is 21.8. The molecular weight excluding hydrogens is 423 g/mol. The van der Waals surface area contributed by atoms with Crippen LogP contribution in [0.5, 0.6) is 5.75 Å². The van der Waals surface area contributed by atoms with Gasteiger partial charge in [0.1, 0.15) is 5.75 Å². The summed E-state index contributed by atoms with van der Waals surface area (Å²) in [7, 11) is 0. The van der Waals surface area contributed by atoms with Crippen molar-refractivity contribution >= 4 is 46.0 Å². The van der Waals surface area contributed by atoms with E-state index in [1.807, 2.05) is 68.4 Å². The van der Waals surface area contributed by atoms with Gasteiger partial charge in [-0.05, 0) is 74.0 Å². The van der Waals surface area contributed by atoms with Gasteiger partial charge in [-0.1, -0.05) is 47.1 Å². The van der Waals surface area contributed by atoms with Crippen LogP contribution >= 0.6 is 35.0 Å². The molecule has 0 saturated heterocycles. The van der Waals surface area contributed by atoms with Crippen molar-refractivity contribution in [3.05, 3.63) is 82.3 Å². The molecule has 0 spiro atoms. The minimum Gasteiger partial charge on any atom is -0.491 e. The third-order valence-electron chi connectivity index (χ3n) is 4.33. The summed E-state index contributed by atoms with van der Waals surface area (Å²) in [4.78, 5) is 4.84. The first-order valence-electron chi connectivity index (χ1n) is 9.32. The number of rotatable bonds is 6. The molecule has 4 rings (SSSR count). The first kappa shape index (κ1) is 20.1. The van der Waals surface area contributed by atoms with Crippen molar-refractivity contribution in [3.8, 4) is 11.4 Å². The van der Waals surface area contributed by atoms with Crippen LogP contribution in [-0.4, -0.2) is 15.7 Å². The molecule has 0 atom stereocenters. The second-order valence-electron chi connectivity index (χ2n) is 6.94. The van der Waals surface area contributed by atoms with Crippen molar-refractivity contribution in [2.24, 2.45) is 0 Å². The van der Waals surface area contributed by atoms with Gasteiger partial charge in [0.25, 0.3) is 0 Å². The number of fused-ring (bicyclic) bond motifs is 1. The van der Waals surface area contributed by atoms with Crippen LogP contribution in [0, 0.1) is 0 Å². The maximum absolute atomic E-state index is 6.20. The number of benzene rings is 3. The molecule has 0 aliphatic heterocycles. The molecular formula is C23H20Cl2N2OS. The van der Waals surface area contributed by atoms with Crippen LogP contribution < -0.4 is 4.74 Å². The second kappa shape index (κ2) is 8.70. The van der Waals surface area contributed by atoms with Gasteiger partial charge in [0.05, 0.1) is 17.1 Å². The molecule has 0 aliphatic carbocycles. The molecule has 1 aromatic heterocycles. The SMILES string of the molecule is CC(C)Oc1ccc(-n2c(SCc3ccc(Cl)cc3)nc3cc(Cl)ccc32)cc1. The Morgan fingerprint density at radius 1 is 0.931 bits per heavy atom. The molecule has 0 bridgehead atoms. The van der Waals surface area contributed by atoms with E-state index in [0.717, 1.165) is 38.4 Å². The zero-order valence-corrected chi connectivity index (χ0v) is 18.4. The van der Waals surface area contributed by atoms with Crippen LogP contribution in [0.15, 0.2) is 71.9 Å². The van der Waals surface area contributed by atoms with Crippen molar-refractivity contribution in [1.82, 2.24) is 9.55 Å². The lowest BCUT2D eigenvalue weighted by Crippen LogP contribution is -2.05. The van der Waals surface area contributed by atoms with Crippen molar-refractivity contribution in [2.45, 2.75) is 30.9 Å². The summed E-state index contributed by atoms with van der Waals surface area (Å²) in [5.74, 6) is 1.65. The van der Waals surface area contributed by atoms with Gasteiger partial charge in [0.15, 0.2) is 5.16 Å². The van der Waals surface area contributed by atoms with Gasteiger partial charge in [-0.15, -0.1) is 0 Å². The van der Waals surface area contributed by atoms with Crippen LogP contribution in [0.25, 0.3) is 16.7 Å². The van der Waals surface area contributed by atoms with Crippen LogP contribution in [0.4, 0.5) is 0 Å². The Morgan fingerprint density at radius 3 is 2.31 bits per heavy atom. The Kier molecular flexibility index (Phi) is 6.04. The van der Waals surface area contributed by atoms with Gasteiger partial charge in [-0.25, -0.2) is 4.98 Å². The lowest BCUT2D eigenvalue weighted by atomic mass is 10.2. The number of nitrogens with zero attached hydrogens (tertiary/aromatic N) is 2. The number of hydrogen-bond donors (Lipinski definition) is 0. The van der Waals surface area contributed by atoms with E-state index in [2.05, 4.69) is 16.7 Å². The van der Waals surface area contributed by atoms with E-state index in [9.17, 15) is 0 Å². The molecule has 0 unspecified atom stereocenters. The fraction of sp³-hybridized carbons (Fsp3) is 0.174. The van der Waals surface area contributed by atoms with E-state index in [0.29, 0.717) is 5.02 Å². The number of hydrogen-bond acceptors (Lipinski definition) is 3. The molecule has 3 aromatic carbocycles. The van der Waals surface area contributed by atoms with Crippen LogP contribution in [0.1, 0.15) is 19.4 Å². The van der Waals surface area contributed by atoms with E-state index in [-0.39, 0.29) is 6.10 Å². The second-order valence-corrected chi connectivity index (χ2v) is 8.75. The van der Waals surface area contributed by atoms with Gasteiger partial charge in [-0.2, -0.15) is 0 Å². The predicted octanol–water partition coefficient (Wildman–Crippen LogP) is 7.41. The van der Waals surface area contributed by atoms with E-state index in [1.54, 1.807) is 11.8 Å². The summed E-state index contributed by atoms with van der Waals surface area (Å²) < 4.78 is 7.93. The zero-order chi connectivity index (χ0) is 20.4. The van der Waals surface area contributed by atoms with Crippen LogP contribution in [0.2, 0.25) is 10.0 Å². The molecule has 0 saturated carbocycles. The third kappa shape index (κ3) is 4.72. The fourth-order valence-electron chi connectivity index (χ4n) is 3.05. The van der Waals surface area contributed by atoms with Gasteiger partial charge in [0.2, 0.25) is 0 Å². The summed E-state index contributed by atoms with van der Waals surface area (Å²) in [5.41, 5.74) is 4.12. The first-order chi connectivity index (χ1) is 14.0. The maximum atomic E-state index is 6.20. The van der Waals surface area contributed by atoms with E-state index < -0.39 is 0 Å². The molecule has 0 radical (unpaired) electrons. The quantitative estimate of drug-likeness (QED) is 0.290. The lowest BCUT2D eigenvalue weighted by Gasteiger charge is -2.12. The van der Waals surface area contributed by atoms with Crippen molar-refractivity contribution in [3.63, 3.8) is 0 Å². The first-order valence-corrected chi connectivity index (χ1v) is 11.1. The van der Waals surface area contributed by atoms with Gasteiger partial charge in [-0.3, -0.25) is 4.57 Å². The molecule has 1 heterocycles. The molecule has 4 aromatic rings. The topological polar surface area (TPSA) is 27.1 Å². The maximum Gasteiger partial charge on any atom is 0.174 e. The Labute approximate surface area is 184 Å². The molecule has 148 valence electrons. The normalized spacial score (nSPS) is 11.3. The Bertz CT molecular complexity index is 1120. The van der Waals surface area contributed by atoms with E-state index in [1.165, 1.54) is 5.56 Å². The summed E-state index contributed by atoms with van der Waals surface area (Å²) in [5, 5.41) is 2.33. The van der Waals surface area contributed by atoms with Crippen molar-refractivity contribution in [2.75, 3.05) is 0 Å². The molecule has 0 fully saturated rings. The molecule has 3 nitrogen and oxygen atoms in total. The molecule has 0 N–H and O–H groups in total. The highest BCUT2D eigenvalue weighted by Crippen LogP contribution is 2.32. The Hall–Kier alpha value is -2.14. The molecule has 0 aliphatic rings. The average Bonchev–Trinajstić information content (AvgIpc) is 3.05. The summed E-state index contributed by atoms with van der Waals surface area (Å²) >= 11 is 13.9. The van der Waals surface area contributed by atoms with Gasteiger partial charge in [0, 0.05) is 21.5 Å². The smallest absolute Gasteiger partial charge is 0.174 e. The van der Waals surface area contributed by atoms with Crippen molar-refractivity contribution < 1.29 is 4.74 Å². The Morgan fingerprint density at radius 2 is 1.62 bits per heavy atom. The minimum absolute atomic E-state index is 0.141. The third-order valence-corrected chi connectivity index (χ3v) is 5.83. The summed E-state index contributed by atoms with van der Waals surface area (Å²) in [6.45, 7) is 4.04. The van der Waals surface area contributed by atoms with E-state index in [4.69, 9.17) is 32.9 Å². The number of ether oxygens (including phenoxy) is 1. The highest BCUT2D eigenvalue weighted by Gasteiger charge is 2.14. The standard InChI is InChI=1S/C23H20Cl2N2OS/c1-15(2)28-20-10-8-19(9-11-20)27-22-12-7-18(25)13-21(22)26-23(27)29-14-16-3-5-17(24)6-4-16/h3-13,15H,14H2,1-2H3. The van der Waals surface area contributed by atoms with Crippen LogP contribution in [-0.2, 0) is 5.75 Å². The molecule has 29 heavy (non-hydrogen) atoms. The minimum atomic E-state index is 0.141. The molecule has 6 heteroatoms. The highest BCUT2D eigenvalue weighted by atomic mass is 35.5. The monoisotopic (exact) mass is 442 g/mol. The van der Waals surface area contributed by atoms with Crippen molar-refractivity contribution in [1.29, 1.82) is 0 Å². The lowest BCUT2D eigenvalue weighted by molar-refractivity contribution is 0.242. The largest absolute Gasteiger partial charge is 0.491 e. The average molecular weight is 443 g/mol. The van der Waals surface area contributed by atoms with Gasteiger partial charge >= 0.3 is 0 Å². The Balaban J connectivity index is 1.70. The fourth-order valence-corrected chi connectivity index (χ4v) is 4.33. The predicted molar refractivity (Wildman–Crippen MR) is 123 cm³/mol. The van der Waals surface area contributed by atoms with Crippen LogP contribution in [0.3, 0.4) is 0 Å². The number of aromatic nitrogens is 2. The summed E-state index contributed by atoms with van der Waals surface area (Å²) in [6.07, 6.45) is 0.141. The number of thioether (sulfide) groups is 1. The van der Waals surface area contributed by atoms with E-state index >= 15 is 0 Å².